The number of rotatable bonds is 0. The summed E-state index contributed by atoms with van der Waals surface area (Å²) in [6.45, 7) is 6.74. The van der Waals surface area contributed by atoms with Gasteiger partial charge in [0.15, 0.2) is 0 Å². The highest BCUT2D eigenvalue weighted by Gasteiger charge is 2.15. The first-order chi connectivity index (χ1) is 30.6. The lowest BCUT2D eigenvalue weighted by Crippen LogP contribution is -2.14. The summed E-state index contributed by atoms with van der Waals surface area (Å²) in [5.74, 6) is 12.1. The number of aliphatic hydroxyl groups is 2. The van der Waals surface area contributed by atoms with Crippen LogP contribution in [0.25, 0.3) is 97.0 Å². The normalized spacial score (nSPS) is 12.0. The van der Waals surface area contributed by atoms with Crippen LogP contribution in [-0.4, -0.2) is 21.4 Å². The highest BCUT2D eigenvalue weighted by Crippen LogP contribution is 2.42. The molecule has 64 heavy (non-hydrogen) atoms. The van der Waals surface area contributed by atoms with Crippen molar-refractivity contribution < 1.29 is 10.2 Å². The standard InChI is InChI=1S/C26H22O2.2C16H8Br2/c1-25(2,27)15-13-17-5-7-19-10-12-22-18(14-16-26(3,4)28)6-8-20-9-11-21(17)23(19)24(20)22;17-13-8-4-10-2-6-12-14(18)7-3-9-1-5-11(13)16(10)15(9)12;17-13-7-3-9-1-2-10-4-8-14(18)12-6-5-11(13)15(9)16(10)12/h5-12,27-28H,1-4H3;2*1-8H. The second kappa shape index (κ2) is 16.3. The molecule has 2 N–H and O–H groups in total. The van der Waals surface area contributed by atoms with Gasteiger partial charge in [-0.3, -0.25) is 0 Å². The van der Waals surface area contributed by atoms with E-state index in [1.807, 2.05) is 12.1 Å². The van der Waals surface area contributed by atoms with Gasteiger partial charge >= 0.3 is 0 Å². The topological polar surface area (TPSA) is 40.5 Å². The highest BCUT2D eigenvalue weighted by molar-refractivity contribution is 9.11. The smallest absolute Gasteiger partial charge is 0.120 e. The van der Waals surface area contributed by atoms with E-state index in [9.17, 15) is 10.2 Å². The number of hydrogen-bond acceptors (Lipinski definition) is 2. The van der Waals surface area contributed by atoms with Crippen molar-refractivity contribution in [3.05, 3.63) is 175 Å². The monoisotopic (exact) mass is 1080 g/mol. The van der Waals surface area contributed by atoms with Crippen molar-refractivity contribution in [2.75, 3.05) is 0 Å². The maximum absolute atomic E-state index is 9.97. The molecule has 0 atom stereocenters. The second-order valence-electron chi connectivity index (χ2n) is 17.3. The molecule has 0 aliphatic heterocycles. The molecule has 0 heterocycles. The van der Waals surface area contributed by atoms with Crippen LogP contribution in [0.4, 0.5) is 0 Å². The molecule has 0 aliphatic carbocycles. The summed E-state index contributed by atoms with van der Waals surface area (Å²) in [6.07, 6.45) is 0. The Morgan fingerprint density at radius 2 is 0.500 bits per heavy atom. The number of benzene rings is 12. The van der Waals surface area contributed by atoms with Crippen molar-refractivity contribution in [2.24, 2.45) is 0 Å². The van der Waals surface area contributed by atoms with E-state index in [-0.39, 0.29) is 0 Å². The second-order valence-corrected chi connectivity index (χ2v) is 20.7. The molecule has 0 spiro atoms. The molecule has 0 bridgehead atoms. The minimum absolute atomic E-state index is 0.900. The van der Waals surface area contributed by atoms with Crippen LogP contribution in [0, 0.1) is 23.7 Å². The molecule has 0 aromatic heterocycles. The molecule has 12 aromatic rings. The van der Waals surface area contributed by atoms with Crippen LogP contribution in [-0.2, 0) is 0 Å². The van der Waals surface area contributed by atoms with Gasteiger partial charge in [0, 0.05) is 29.0 Å². The van der Waals surface area contributed by atoms with Crippen molar-refractivity contribution in [2.45, 2.75) is 38.9 Å². The lowest BCUT2D eigenvalue weighted by atomic mass is 9.90. The third kappa shape index (κ3) is 7.75. The Balaban J connectivity index is 0.000000118. The summed E-state index contributed by atoms with van der Waals surface area (Å²) in [5.41, 5.74) is -0.276. The number of halogens is 4. The van der Waals surface area contributed by atoms with Gasteiger partial charge < -0.3 is 10.2 Å². The first kappa shape index (κ1) is 42.7. The third-order valence-electron chi connectivity index (χ3n) is 11.8. The van der Waals surface area contributed by atoms with E-state index in [1.165, 1.54) is 64.6 Å². The van der Waals surface area contributed by atoms with Crippen LogP contribution in [0.15, 0.2) is 163 Å². The first-order valence-electron chi connectivity index (χ1n) is 20.9. The average Bonchev–Trinajstić information content (AvgIpc) is 3.28. The van der Waals surface area contributed by atoms with E-state index in [4.69, 9.17) is 0 Å². The largest absolute Gasteiger partial charge is 0.378 e. The Kier molecular flexibility index (Phi) is 10.9. The summed E-state index contributed by atoms with van der Waals surface area (Å²) < 4.78 is 4.63. The lowest BCUT2D eigenvalue weighted by molar-refractivity contribution is 0.143. The van der Waals surface area contributed by atoms with E-state index < -0.39 is 11.2 Å². The van der Waals surface area contributed by atoms with Gasteiger partial charge in [0.05, 0.1) is 0 Å². The number of hydrogen-bond donors (Lipinski definition) is 2. The van der Waals surface area contributed by atoms with Crippen LogP contribution >= 0.6 is 63.7 Å². The van der Waals surface area contributed by atoms with E-state index in [0.717, 1.165) is 61.3 Å². The van der Waals surface area contributed by atoms with Crippen molar-refractivity contribution in [3.63, 3.8) is 0 Å². The predicted octanol–water partition coefficient (Wildman–Crippen LogP) is 17.0. The van der Waals surface area contributed by atoms with E-state index in [0.29, 0.717) is 0 Å². The summed E-state index contributed by atoms with van der Waals surface area (Å²) in [6, 6.07) is 51.3. The molecule has 0 radical (unpaired) electrons. The molecule has 0 saturated heterocycles. The summed E-state index contributed by atoms with van der Waals surface area (Å²) in [5, 5.41) is 42.4. The van der Waals surface area contributed by atoms with Gasteiger partial charge in [-0.05, 0) is 161 Å². The van der Waals surface area contributed by atoms with Crippen LogP contribution in [0.5, 0.6) is 0 Å². The Labute approximate surface area is 404 Å². The molecular formula is C58H38Br4O2. The Morgan fingerprint density at radius 1 is 0.297 bits per heavy atom. The molecule has 2 nitrogen and oxygen atoms in total. The minimum atomic E-state index is -1.04. The third-order valence-corrected chi connectivity index (χ3v) is 14.6. The zero-order valence-electron chi connectivity index (χ0n) is 35.3. The SMILES string of the molecule is Brc1ccc2ccc3c(Br)ccc4ccc1c2c43.Brc1ccc2ccc3ccc(Br)c4ccc1c2c34.CC(C)(O)C#Cc1ccc2ccc3c(C#CC(C)(C)O)ccc4ccc1c2c43. The van der Waals surface area contributed by atoms with E-state index in [2.05, 4.69) is 221 Å². The van der Waals surface area contributed by atoms with Gasteiger partial charge in [-0.15, -0.1) is 0 Å². The van der Waals surface area contributed by atoms with Crippen molar-refractivity contribution in [3.8, 4) is 23.7 Å². The predicted molar refractivity (Wildman–Crippen MR) is 288 cm³/mol. The van der Waals surface area contributed by atoms with Crippen LogP contribution < -0.4 is 0 Å². The first-order valence-corrected chi connectivity index (χ1v) is 24.1. The molecule has 0 amide bonds. The zero-order chi connectivity index (χ0) is 44.7. The maximum Gasteiger partial charge on any atom is 0.120 e. The van der Waals surface area contributed by atoms with E-state index >= 15 is 0 Å². The highest BCUT2D eigenvalue weighted by atomic mass is 79.9. The van der Waals surface area contributed by atoms with Gasteiger partial charge in [0.2, 0.25) is 0 Å². The fraction of sp³-hybridized carbons (Fsp3) is 0.103. The van der Waals surface area contributed by atoms with Gasteiger partial charge in [-0.25, -0.2) is 0 Å². The average molecular weight is 1090 g/mol. The molecule has 12 rings (SSSR count). The lowest BCUT2D eigenvalue weighted by Gasteiger charge is -2.13. The molecule has 0 fully saturated rings. The Bertz CT molecular complexity index is 3580. The molecular weight excluding hydrogens is 1050 g/mol. The maximum atomic E-state index is 9.97. The minimum Gasteiger partial charge on any atom is -0.378 e. The van der Waals surface area contributed by atoms with Crippen molar-refractivity contribution in [1.29, 1.82) is 0 Å². The van der Waals surface area contributed by atoms with Crippen LogP contribution in [0.2, 0.25) is 0 Å². The van der Waals surface area contributed by atoms with Crippen molar-refractivity contribution >= 4 is 161 Å². The fourth-order valence-corrected chi connectivity index (χ4v) is 10.8. The Morgan fingerprint density at radius 3 is 0.781 bits per heavy atom. The summed E-state index contributed by atoms with van der Waals surface area (Å²) >= 11 is 14.6. The zero-order valence-corrected chi connectivity index (χ0v) is 41.6. The Hall–Kier alpha value is -5.28. The molecule has 6 heteroatoms. The molecule has 0 unspecified atom stereocenters. The summed E-state index contributed by atoms with van der Waals surface area (Å²) in [7, 11) is 0. The van der Waals surface area contributed by atoms with Crippen LogP contribution in [0.1, 0.15) is 38.8 Å². The van der Waals surface area contributed by atoms with Gasteiger partial charge in [0.25, 0.3) is 0 Å². The van der Waals surface area contributed by atoms with E-state index in [1.54, 1.807) is 27.7 Å². The summed E-state index contributed by atoms with van der Waals surface area (Å²) in [4.78, 5) is 0. The van der Waals surface area contributed by atoms with Gasteiger partial charge in [-0.1, -0.05) is 197 Å². The van der Waals surface area contributed by atoms with Crippen molar-refractivity contribution in [1.82, 2.24) is 0 Å². The van der Waals surface area contributed by atoms with Crippen LogP contribution in [0.3, 0.4) is 0 Å². The fourth-order valence-electron chi connectivity index (χ4n) is 8.92. The van der Waals surface area contributed by atoms with Gasteiger partial charge in [-0.2, -0.15) is 0 Å². The molecule has 12 aromatic carbocycles. The molecule has 0 aliphatic rings. The molecule has 310 valence electrons. The van der Waals surface area contributed by atoms with Gasteiger partial charge in [0.1, 0.15) is 11.2 Å². The quantitative estimate of drug-likeness (QED) is 0.117. The molecule has 0 saturated carbocycles.